The Morgan fingerprint density at radius 1 is 1.46 bits per heavy atom. The van der Waals surface area contributed by atoms with E-state index in [0.29, 0.717) is 19.5 Å². The van der Waals surface area contributed by atoms with E-state index >= 15 is 0 Å². The molecule has 0 radical (unpaired) electrons. The van der Waals surface area contributed by atoms with Crippen molar-refractivity contribution in [2.75, 3.05) is 26.2 Å². The van der Waals surface area contributed by atoms with E-state index in [1.165, 1.54) is 0 Å². The fourth-order valence-corrected chi connectivity index (χ4v) is 0.918. The van der Waals surface area contributed by atoms with E-state index in [4.69, 9.17) is 15.5 Å². The van der Waals surface area contributed by atoms with Gasteiger partial charge in [-0.25, -0.2) is 0 Å². The third-order valence-electron chi connectivity index (χ3n) is 1.57. The van der Waals surface area contributed by atoms with Crippen LogP contribution in [0.25, 0.3) is 0 Å². The second kappa shape index (κ2) is 7.53. The normalized spacial score (nSPS) is 9.92. The molecule has 0 saturated heterocycles. The molecule has 5 nitrogen and oxygen atoms in total. The summed E-state index contributed by atoms with van der Waals surface area (Å²) in [6, 6.07) is 1.95. The number of nitrogens with zero attached hydrogens (tertiary/aromatic N) is 2. The summed E-state index contributed by atoms with van der Waals surface area (Å²) in [5, 5.41) is 25.3. The van der Waals surface area contributed by atoms with Gasteiger partial charge in [0, 0.05) is 19.7 Å². The summed E-state index contributed by atoms with van der Waals surface area (Å²) in [6.45, 7) is 1.21. The number of carboxylic acids is 1. The molecule has 13 heavy (non-hydrogen) atoms. The molecular weight excluding hydrogens is 172 g/mol. The van der Waals surface area contributed by atoms with Crippen molar-refractivity contribution in [3.63, 3.8) is 0 Å². The van der Waals surface area contributed by atoms with Crippen LogP contribution in [-0.2, 0) is 4.79 Å². The van der Waals surface area contributed by atoms with Crippen LogP contribution < -0.4 is 0 Å². The van der Waals surface area contributed by atoms with E-state index in [2.05, 4.69) is 0 Å². The van der Waals surface area contributed by atoms with Crippen LogP contribution in [0.3, 0.4) is 0 Å². The van der Waals surface area contributed by atoms with Crippen LogP contribution in [-0.4, -0.2) is 47.3 Å². The number of carbonyl (C=O) groups is 1. The smallest absolute Gasteiger partial charge is 0.304 e. The molecule has 0 aliphatic carbocycles. The molecule has 0 aliphatic rings. The number of hydrogen-bond acceptors (Lipinski definition) is 4. The fourth-order valence-electron chi connectivity index (χ4n) is 0.918. The van der Waals surface area contributed by atoms with E-state index in [9.17, 15) is 4.79 Å². The molecule has 0 aromatic heterocycles. The first-order chi connectivity index (χ1) is 6.20. The van der Waals surface area contributed by atoms with Crippen LogP contribution in [0.5, 0.6) is 0 Å². The molecule has 2 N–H and O–H groups in total. The largest absolute Gasteiger partial charge is 0.481 e. The van der Waals surface area contributed by atoms with Gasteiger partial charge in [-0.05, 0) is 6.42 Å². The summed E-state index contributed by atoms with van der Waals surface area (Å²) >= 11 is 0. The lowest BCUT2D eigenvalue weighted by Crippen LogP contribution is -2.28. The summed E-state index contributed by atoms with van der Waals surface area (Å²) < 4.78 is 0. The minimum absolute atomic E-state index is 0.0348. The zero-order valence-electron chi connectivity index (χ0n) is 7.44. The lowest BCUT2D eigenvalue weighted by molar-refractivity contribution is -0.137. The van der Waals surface area contributed by atoms with Crippen LogP contribution in [0.15, 0.2) is 0 Å². The highest BCUT2D eigenvalue weighted by atomic mass is 16.4. The van der Waals surface area contributed by atoms with E-state index in [-0.39, 0.29) is 19.6 Å². The van der Waals surface area contributed by atoms with Crippen molar-refractivity contribution < 1.29 is 15.0 Å². The van der Waals surface area contributed by atoms with E-state index in [1.54, 1.807) is 4.90 Å². The number of hydrogen-bond donors (Lipinski definition) is 2. The molecule has 0 bridgehead atoms. The molecule has 0 saturated carbocycles. The molecule has 74 valence electrons. The molecule has 0 amide bonds. The number of aliphatic hydroxyl groups is 1. The number of aliphatic hydroxyl groups excluding tert-OH is 1. The van der Waals surface area contributed by atoms with Crippen molar-refractivity contribution in [1.82, 2.24) is 4.90 Å². The van der Waals surface area contributed by atoms with Gasteiger partial charge in [0.1, 0.15) is 0 Å². The van der Waals surface area contributed by atoms with Crippen molar-refractivity contribution in [3.05, 3.63) is 0 Å². The molecule has 5 heteroatoms. The maximum atomic E-state index is 10.2. The van der Waals surface area contributed by atoms with Gasteiger partial charge < -0.3 is 10.2 Å². The van der Waals surface area contributed by atoms with Crippen LogP contribution in [0.1, 0.15) is 12.8 Å². The van der Waals surface area contributed by atoms with Gasteiger partial charge in [0.05, 0.1) is 19.0 Å². The summed E-state index contributed by atoms with van der Waals surface area (Å²) in [4.78, 5) is 11.9. The Kier molecular flexibility index (Phi) is 6.88. The predicted octanol–water partition coefficient (Wildman–Crippen LogP) is -0.331. The van der Waals surface area contributed by atoms with Gasteiger partial charge >= 0.3 is 5.97 Å². The Labute approximate surface area is 77.2 Å². The van der Waals surface area contributed by atoms with Crippen molar-refractivity contribution in [2.24, 2.45) is 0 Å². The summed E-state index contributed by atoms with van der Waals surface area (Å²) in [7, 11) is 0. The molecule has 0 atom stereocenters. The summed E-state index contributed by atoms with van der Waals surface area (Å²) in [5.74, 6) is -0.869. The summed E-state index contributed by atoms with van der Waals surface area (Å²) in [5.41, 5.74) is 0. The standard InChI is InChI=1S/C8H14N2O3/c9-3-6-10(4-1-7-11)5-2-8(12)13/h11H,1-2,4-7H2,(H,12,13). The topological polar surface area (TPSA) is 84.6 Å². The monoisotopic (exact) mass is 186 g/mol. The Morgan fingerprint density at radius 3 is 2.62 bits per heavy atom. The van der Waals surface area contributed by atoms with Gasteiger partial charge in [-0.2, -0.15) is 5.26 Å². The number of nitriles is 1. The molecule has 0 heterocycles. The maximum Gasteiger partial charge on any atom is 0.304 e. The second-order valence-electron chi connectivity index (χ2n) is 2.66. The average Bonchev–Trinajstić information content (AvgIpc) is 2.09. The lowest BCUT2D eigenvalue weighted by atomic mass is 10.3. The second-order valence-corrected chi connectivity index (χ2v) is 2.66. The molecule has 0 spiro atoms. The molecule has 0 unspecified atom stereocenters. The maximum absolute atomic E-state index is 10.2. The highest BCUT2D eigenvalue weighted by Crippen LogP contribution is 1.93. The zero-order valence-corrected chi connectivity index (χ0v) is 7.44. The van der Waals surface area contributed by atoms with Gasteiger partial charge in [0.25, 0.3) is 0 Å². The Hall–Kier alpha value is -1.12. The number of aliphatic carboxylic acids is 1. The van der Waals surface area contributed by atoms with Crippen LogP contribution in [0.2, 0.25) is 0 Å². The first-order valence-corrected chi connectivity index (χ1v) is 4.12. The molecule has 0 rings (SSSR count). The fraction of sp³-hybridized carbons (Fsp3) is 0.750. The van der Waals surface area contributed by atoms with Crippen molar-refractivity contribution >= 4 is 5.97 Å². The number of carboxylic acid groups (broad SMARTS) is 1. The van der Waals surface area contributed by atoms with Gasteiger partial charge in [0.2, 0.25) is 0 Å². The van der Waals surface area contributed by atoms with Gasteiger partial charge in [-0.15, -0.1) is 0 Å². The first kappa shape index (κ1) is 11.9. The quantitative estimate of drug-likeness (QED) is 0.532. The first-order valence-electron chi connectivity index (χ1n) is 4.12. The van der Waals surface area contributed by atoms with Crippen LogP contribution >= 0.6 is 0 Å². The highest BCUT2D eigenvalue weighted by Gasteiger charge is 2.05. The molecule has 0 aliphatic heterocycles. The SMILES string of the molecule is N#CCN(CCCO)CCC(=O)O. The lowest BCUT2D eigenvalue weighted by Gasteiger charge is -2.16. The third kappa shape index (κ3) is 7.25. The van der Waals surface area contributed by atoms with Crippen molar-refractivity contribution in [2.45, 2.75) is 12.8 Å². The average molecular weight is 186 g/mol. The van der Waals surface area contributed by atoms with Crippen LogP contribution in [0.4, 0.5) is 0 Å². The Balaban J connectivity index is 3.67. The Morgan fingerprint density at radius 2 is 2.15 bits per heavy atom. The van der Waals surface area contributed by atoms with Crippen molar-refractivity contribution in [3.8, 4) is 6.07 Å². The molecule has 0 fully saturated rings. The predicted molar refractivity (Wildman–Crippen MR) is 46.0 cm³/mol. The van der Waals surface area contributed by atoms with Crippen molar-refractivity contribution in [1.29, 1.82) is 5.26 Å². The minimum atomic E-state index is -0.869. The summed E-state index contributed by atoms with van der Waals surface area (Å²) in [6.07, 6.45) is 0.606. The van der Waals surface area contributed by atoms with E-state index < -0.39 is 5.97 Å². The Bertz CT molecular complexity index is 188. The molecule has 0 aromatic rings. The molecular formula is C8H14N2O3. The molecule has 0 aromatic carbocycles. The van der Waals surface area contributed by atoms with Gasteiger partial charge in [0.15, 0.2) is 0 Å². The van der Waals surface area contributed by atoms with Crippen LogP contribution in [0, 0.1) is 11.3 Å². The van der Waals surface area contributed by atoms with Gasteiger partial charge in [-0.3, -0.25) is 9.69 Å². The van der Waals surface area contributed by atoms with E-state index in [0.717, 1.165) is 0 Å². The highest BCUT2D eigenvalue weighted by molar-refractivity contribution is 5.66. The van der Waals surface area contributed by atoms with Gasteiger partial charge in [-0.1, -0.05) is 0 Å². The third-order valence-corrected chi connectivity index (χ3v) is 1.57. The number of rotatable bonds is 7. The minimum Gasteiger partial charge on any atom is -0.481 e. The van der Waals surface area contributed by atoms with E-state index in [1.807, 2.05) is 6.07 Å². The zero-order chi connectivity index (χ0) is 10.1.